The third-order valence-corrected chi connectivity index (χ3v) is 5.49. The highest BCUT2D eigenvalue weighted by Gasteiger charge is 2.31. The van der Waals surface area contributed by atoms with Gasteiger partial charge in [0, 0.05) is 10.6 Å². The summed E-state index contributed by atoms with van der Waals surface area (Å²) in [5.41, 5.74) is 1.89. The van der Waals surface area contributed by atoms with Crippen LogP contribution in [-0.2, 0) is 11.3 Å². The number of aryl methyl sites for hydroxylation is 2. The zero-order chi connectivity index (χ0) is 17.1. The molecule has 3 rings (SSSR count). The van der Waals surface area contributed by atoms with E-state index in [0.29, 0.717) is 0 Å². The molecule has 1 N–H and O–H groups in total. The number of amides is 1. The van der Waals surface area contributed by atoms with Crippen molar-refractivity contribution in [2.24, 2.45) is 0 Å². The van der Waals surface area contributed by atoms with Crippen LogP contribution in [0, 0.1) is 13.8 Å². The second-order valence-electron chi connectivity index (χ2n) is 6.10. The number of ether oxygens (including phenoxy) is 1. The van der Waals surface area contributed by atoms with Crippen molar-refractivity contribution in [2.75, 3.05) is 19.0 Å². The number of methoxy groups -OCH3 is 1. The van der Waals surface area contributed by atoms with E-state index < -0.39 is 0 Å². The van der Waals surface area contributed by atoms with Gasteiger partial charge in [-0.3, -0.25) is 9.69 Å². The average molecular weight is 345 g/mol. The highest BCUT2D eigenvalue weighted by atomic mass is 32.1. The van der Waals surface area contributed by atoms with Crippen LogP contribution in [0.1, 0.15) is 28.4 Å². The number of carbonyl (C=O) groups is 1. The summed E-state index contributed by atoms with van der Waals surface area (Å²) in [6, 6.07) is 7.34. The second-order valence-corrected chi connectivity index (χ2v) is 7.38. The number of thiazole rings is 1. The molecule has 1 atom stereocenters. The Bertz CT molecular complexity index is 692. The van der Waals surface area contributed by atoms with Gasteiger partial charge in [-0.25, -0.2) is 4.98 Å². The third-order valence-electron chi connectivity index (χ3n) is 4.44. The van der Waals surface area contributed by atoms with E-state index in [1.807, 2.05) is 31.2 Å². The topological polar surface area (TPSA) is 54.5 Å². The maximum Gasteiger partial charge on any atom is 0.241 e. The lowest BCUT2D eigenvalue weighted by Crippen LogP contribution is -2.39. The second kappa shape index (κ2) is 7.32. The molecule has 128 valence electrons. The van der Waals surface area contributed by atoms with Crippen LogP contribution in [0.4, 0.5) is 5.69 Å². The first-order valence-electron chi connectivity index (χ1n) is 8.18. The smallest absolute Gasteiger partial charge is 0.241 e. The van der Waals surface area contributed by atoms with Crippen LogP contribution in [0.15, 0.2) is 24.3 Å². The number of likely N-dealkylation sites (tertiary alicyclic amines) is 1. The molecule has 0 saturated carbocycles. The summed E-state index contributed by atoms with van der Waals surface area (Å²) in [6.07, 6.45) is 1.94. The molecule has 1 amide bonds. The molecule has 1 aromatic heterocycles. The Morgan fingerprint density at radius 1 is 1.38 bits per heavy atom. The van der Waals surface area contributed by atoms with Gasteiger partial charge in [0.15, 0.2) is 0 Å². The molecule has 1 aliphatic heterocycles. The van der Waals surface area contributed by atoms with Crippen LogP contribution < -0.4 is 10.1 Å². The largest absolute Gasteiger partial charge is 0.497 e. The van der Waals surface area contributed by atoms with Crippen molar-refractivity contribution >= 4 is 22.9 Å². The number of aromatic nitrogens is 1. The van der Waals surface area contributed by atoms with Crippen LogP contribution in [-0.4, -0.2) is 35.5 Å². The molecule has 2 aromatic rings. The van der Waals surface area contributed by atoms with E-state index in [4.69, 9.17) is 4.74 Å². The van der Waals surface area contributed by atoms with Crippen LogP contribution in [0.3, 0.4) is 0 Å². The summed E-state index contributed by atoms with van der Waals surface area (Å²) >= 11 is 1.72. The summed E-state index contributed by atoms with van der Waals surface area (Å²) in [5.74, 6) is 0.840. The fourth-order valence-electron chi connectivity index (χ4n) is 2.99. The lowest BCUT2D eigenvalue weighted by molar-refractivity contribution is -0.120. The first kappa shape index (κ1) is 16.9. The van der Waals surface area contributed by atoms with Gasteiger partial charge < -0.3 is 10.1 Å². The van der Waals surface area contributed by atoms with Crippen molar-refractivity contribution in [1.82, 2.24) is 9.88 Å². The molecule has 1 fully saturated rings. The molecule has 1 saturated heterocycles. The molecule has 0 radical (unpaired) electrons. The summed E-state index contributed by atoms with van der Waals surface area (Å²) in [6.45, 7) is 5.82. The lowest BCUT2D eigenvalue weighted by atomic mass is 10.2. The number of nitrogens with one attached hydrogen (secondary N) is 1. The number of nitrogens with zero attached hydrogens (tertiary/aromatic N) is 2. The van der Waals surface area contributed by atoms with E-state index >= 15 is 0 Å². The monoisotopic (exact) mass is 345 g/mol. The van der Waals surface area contributed by atoms with Gasteiger partial charge in [0.25, 0.3) is 0 Å². The Hall–Kier alpha value is -1.92. The molecule has 1 aliphatic rings. The van der Waals surface area contributed by atoms with Gasteiger partial charge in [0.1, 0.15) is 10.8 Å². The van der Waals surface area contributed by atoms with E-state index in [1.165, 1.54) is 4.88 Å². The maximum absolute atomic E-state index is 12.6. The van der Waals surface area contributed by atoms with Crippen LogP contribution in [0.2, 0.25) is 0 Å². The molecule has 0 bridgehead atoms. The minimum atomic E-state index is -0.0865. The molecule has 0 spiro atoms. The van der Waals surface area contributed by atoms with Crippen LogP contribution in [0.25, 0.3) is 0 Å². The van der Waals surface area contributed by atoms with Crippen LogP contribution in [0.5, 0.6) is 5.75 Å². The van der Waals surface area contributed by atoms with Gasteiger partial charge in [0.05, 0.1) is 25.4 Å². The van der Waals surface area contributed by atoms with Gasteiger partial charge >= 0.3 is 0 Å². The quantitative estimate of drug-likeness (QED) is 0.903. The highest BCUT2D eigenvalue weighted by molar-refractivity contribution is 7.11. The Labute approximate surface area is 146 Å². The zero-order valence-electron chi connectivity index (χ0n) is 14.3. The van der Waals surface area contributed by atoms with Crippen LogP contribution >= 0.6 is 11.3 Å². The number of hydrogen-bond acceptors (Lipinski definition) is 5. The number of hydrogen-bond donors (Lipinski definition) is 1. The summed E-state index contributed by atoms with van der Waals surface area (Å²) in [5, 5.41) is 4.11. The Morgan fingerprint density at radius 2 is 2.12 bits per heavy atom. The number of anilines is 1. The molecule has 2 heterocycles. The molecule has 0 unspecified atom stereocenters. The fourth-order valence-corrected chi connectivity index (χ4v) is 3.95. The number of rotatable bonds is 5. The SMILES string of the molecule is COc1ccc(NC(=O)[C@@H]2CCCN2Cc2nc(C)c(C)s2)cc1. The highest BCUT2D eigenvalue weighted by Crippen LogP contribution is 2.25. The van der Waals surface area contributed by atoms with E-state index in [1.54, 1.807) is 18.4 Å². The molecule has 6 heteroatoms. The van der Waals surface area contributed by atoms with Crippen molar-refractivity contribution < 1.29 is 9.53 Å². The molecule has 5 nitrogen and oxygen atoms in total. The maximum atomic E-state index is 12.6. The fraction of sp³-hybridized carbons (Fsp3) is 0.444. The molecule has 1 aromatic carbocycles. The van der Waals surface area contributed by atoms with Gasteiger partial charge in [0.2, 0.25) is 5.91 Å². The first-order chi connectivity index (χ1) is 11.6. The predicted octanol–water partition coefficient (Wildman–Crippen LogP) is 3.37. The summed E-state index contributed by atoms with van der Waals surface area (Å²) in [7, 11) is 1.63. The van der Waals surface area contributed by atoms with E-state index in [2.05, 4.69) is 22.1 Å². The van der Waals surface area contributed by atoms with E-state index in [-0.39, 0.29) is 11.9 Å². The van der Waals surface area contributed by atoms with E-state index in [9.17, 15) is 4.79 Å². The molecular formula is C18H23N3O2S. The minimum Gasteiger partial charge on any atom is -0.497 e. The normalized spacial score (nSPS) is 17.9. The van der Waals surface area contributed by atoms with Gasteiger partial charge in [-0.15, -0.1) is 11.3 Å². The molecular weight excluding hydrogens is 322 g/mol. The van der Waals surface area contributed by atoms with Gasteiger partial charge in [-0.05, 0) is 57.5 Å². The van der Waals surface area contributed by atoms with Gasteiger partial charge in [-0.2, -0.15) is 0 Å². The molecule has 0 aliphatic carbocycles. The predicted molar refractivity (Wildman–Crippen MR) is 96.6 cm³/mol. The Morgan fingerprint density at radius 3 is 2.75 bits per heavy atom. The minimum absolute atomic E-state index is 0.0580. The van der Waals surface area contributed by atoms with Crippen molar-refractivity contribution in [3.8, 4) is 5.75 Å². The van der Waals surface area contributed by atoms with E-state index in [0.717, 1.165) is 48.1 Å². The van der Waals surface area contributed by atoms with Crippen molar-refractivity contribution in [1.29, 1.82) is 0 Å². The Balaban J connectivity index is 1.64. The lowest BCUT2D eigenvalue weighted by Gasteiger charge is -2.22. The average Bonchev–Trinajstić information content (AvgIpc) is 3.15. The van der Waals surface area contributed by atoms with Crippen molar-refractivity contribution in [2.45, 2.75) is 39.3 Å². The summed E-state index contributed by atoms with van der Waals surface area (Å²) in [4.78, 5) is 20.7. The summed E-state index contributed by atoms with van der Waals surface area (Å²) < 4.78 is 5.14. The standard InChI is InChI=1S/C18H23N3O2S/c1-12-13(2)24-17(19-12)11-21-10-4-5-16(21)18(22)20-14-6-8-15(23-3)9-7-14/h6-9,16H,4-5,10-11H2,1-3H3,(H,20,22)/t16-/m0/s1. The first-order valence-corrected chi connectivity index (χ1v) is 9.00. The van der Waals surface area contributed by atoms with Crippen molar-refractivity contribution in [3.05, 3.63) is 39.8 Å². The van der Waals surface area contributed by atoms with Gasteiger partial charge in [-0.1, -0.05) is 0 Å². The van der Waals surface area contributed by atoms with Crippen molar-refractivity contribution in [3.63, 3.8) is 0 Å². The third kappa shape index (κ3) is 3.76. The number of benzene rings is 1. The zero-order valence-corrected chi connectivity index (χ0v) is 15.2. The molecule has 24 heavy (non-hydrogen) atoms. The number of carbonyl (C=O) groups excluding carboxylic acids is 1. The Kier molecular flexibility index (Phi) is 5.16.